The topological polar surface area (TPSA) is 87.1 Å². The van der Waals surface area contributed by atoms with Crippen LogP contribution in [-0.4, -0.2) is 45.3 Å². The van der Waals surface area contributed by atoms with Crippen molar-refractivity contribution in [1.82, 2.24) is 20.3 Å². The SMILES string of the molecule is CC[C@H](C(=O)Nc1cc(C)on1)N1CCC[C@H](c2ccn[nH]2)C1. The van der Waals surface area contributed by atoms with Crippen LogP contribution in [0.1, 0.15) is 43.6 Å². The van der Waals surface area contributed by atoms with Crippen LogP contribution in [0.3, 0.4) is 0 Å². The number of hydrogen-bond acceptors (Lipinski definition) is 5. The zero-order valence-corrected chi connectivity index (χ0v) is 13.6. The third-order valence-electron chi connectivity index (χ3n) is 4.42. The quantitative estimate of drug-likeness (QED) is 0.883. The second-order valence-corrected chi connectivity index (χ2v) is 6.08. The lowest BCUT2D eigenvalue weighted by Crippen LogP contribution is -2.48. The summed E-state index contributed by atoms with van der Waals surface area (Å²) in [6.45, 7) is 5.65. The fraction of sp³-hybridized carbons (Fsp3) is 0.562. The highest BCUT2D eigenvalue weighted by atomic mass is 16.5. The number of carbonyl (C=O) groups is 1. The van der Waals surface area contributed by atoms with Crippen molar-refractivity contribution in [3.05, 3.63) is 29.8 Å². The summed E-state index contributed by atoms with van der Waals surface area (Å²) in [5.41, 5.74) is 1.15. The molecule has 1 amide bonds. The van der Waals surface area contributed by atoms with Crippen LogP contribution in [-0.2, 0) is 4.79 Å². The molecule has 2 atom stereocenters. The summed E-state index contributed by atoms with van der Waals surface area (Å²) in [6, 6.07) is 3.60. The Morgan fingerprint density at radius 3 is 3.13 bits per heavy atom. The van der Waals surface area contributed by atoms with E-state index in [2.05, 4.69) is 25.6 Å². The molecule has 3 heterocycles. The van der Waals surface area contributed by atoms with Gasteiger partial charge in [-0.25, -0.2) is 0 Å². The highest BCUT2D eigenvalue weighted by Crippen LogP contribution is 2.27. The van der Waals surface area contributed by atoms with Gasteiger partial charge in [-0.15, -0.1) is 0 Å². The first-order chi connectivity index (χ1) is 11.2. The van der Waals surface area contributed by atoms with Gasteiger partial charge in [0.25, 0.3) is 0 Å². The van der Waals surface area contributed by atoms with Gasteiger partial charge in [0.05, 0.1) is 6.04 Å². The van der Waals surface area contributed by atoms with E-state index in [9.17, 15) is 4.79 Å². The van der Waals surface area contributed by atoms with Gasteiger partial charge < -0.3 is 9.84 Å². The number of anilines is 1. The molecule has 7 nitrogen and oxygen atoms in total. The van der Waals surface area contributed by atoms with Crippen LogP contribution in [0, 0.1) is 6.92 Å². The number of nitrogens with one attached hydrogen (secondary N) is 2. The molecule has 23 heavy (non-hydrogen) atoms. The molecule has 3 rings (SSSR count). The number of aryl methyl sites for hydroxylation is 1. The Kier molecular flexibility index (Phi) is 4.76. The normalized spacial score (nSPS) is 20.3. The molecule has 1 fully saturated rings. The summed E-state index contributed by atoms with van der Waals surface area (Å²) in [7, 11) is 0. The Morgan fingerprint density at radius 1 is 1.61 bits per heavy atom. The van der Waals surface area contributed by atoms with E-state index >= 15 is 0 Å². The molecular weight excluding hydrogens is 294 g/mol. The van der Waals surface area contributed by atoms with Gasteiger partial charge in [-0.3, -0.25) is 14.8 Å². The number of H-pyrrole nitrogens is 1. The minimum absolute atomic E-state index is 0.0222. The van der Waals surface area contributed by atoms with Crippen LogP contribution < -0.4 is 5.32 Å². The molecule has 0 unspecified atom stereocenters. The average molecular weight is 317 g/mol. The fourth-order valence-electron chi connectivity index (χ4n) is 3.28. The van der Waals surface area contributed by atoms with Crippen LogP contribution in [0.25, 0.3) is 0 Å². The minimum Gasteiger partial charge on any atom is -0.360 e. The van der Waals surface area contributed by atoms with Gasteiger partial charge in [-0.1, -0.05) is 12.1 Å². The molecule has 2 N–H and O–H groups in total. The van der Waals surface area contributed by atoms with Crippen molar-refractivity contribution in [3.8, 4) is 0 Å². The van der Waals surface area contributed by atoms with Crippen molar-refractivity contribution in [3.63, 3.8) is 0 Å². The first kappa shape index (κ1) is 15.7. The zero-order chi connectivity index (χ0) is 16.2. The number of aromatic nitrogens is 3. The highest BCUT2D eigenvalue weighted by Gasteiger charge is 2.30. The van der Waals surface area contributed by atoms with Crippen molar-refractivity contribution in [2.45, 2.75) is 45.1 Å². The zero-order valence-electron chi connectivity index (χ0n) is 13.6. The predicted octanol–water partition coefficient (Wildman–Crippen LogP) is 2.30. The summed E-state index contributed by atoms with van der Waals surface area (Å²) in [4.78, 5) is 14.9. The third kappa shape index (κ3) is 3.61. The van der Waals surface area contributed by atoms with E-state index in [-0.39, 0.29) is 11.9 Å². The van der Waals surface area contributed by atoms with E-state index < -0.39 is 0 Å². The Hall–Kier alpha value is -2.15. The van der Waals surface area contributed by atoms with Crippen LogP contribution in [0.4, 0.5) is 5.82 Å². The van der Waals surface area contributed by atoms with Gasteiger partial charge in [0.1, 0.15) is 5.76 Å². The number of amides is 1. The maximum Gasteiger partial charge on any atom is 0.242 e. The van der Waals surface area contributed by atoms with Crippen molar-refractivity contribution < 1.29 is 9.32 Å². The van der Waals surface area contributed by atoms with Crippen LogP contribution in [0.15, 0.2) is 22.9 Å². The molecule has 7 heteroatoms. The molecule has 124 valence electrons. The highest BCUT2D eigenvalue weighted by molar-refractivity contribution is 5.94. The summed E-state index contributed by atoms with van der Waals surface area (Å²) in [5.74, 6) is 1.55. The van der Waals surface area contributed by atoms with Gasteiger partial charge in [-0.05, 0) is 38.8 Å². The maximum absolute atomic E-state index is 12.6. The van der Waals surface area contributed by atoms with E-state index in [4.69, 9.17) is 4.52 Å². The van der Waals surface area contributed by atoms with Crippen LogP contribution >= 0.6 is 0 Å². The van der Waals surface area contributed by atoms with E-state index in [0.717, 1.165) is 38.0 Å². The van der Waals surface area contributed by atoms with Crippen LogP contribution in [0.2, 0.25) is 0 Å². The molecule has 0 bridgehead atoms. The molecule has 0 spiro atoms. The molecule has 0 aliphatic carbocycles. The lowest BCUT2D eigenvalue weighted by Gasteiger charge is -2.36. The smallest absolute Gasteiger partial charge is 0.242 e. The second-order valence-electron chi connectivity index (χ2n) is 6.08. The monoisotopic (exact) mass is 317 g/mol. The van der Waals surface area contributed by atoms with Crippen LogP contribution in [0.5, 0.6) is 0 Å². The molecule has 2 aromatic heterocycles. The number of piperidine rings is 1. The third-order valence-corrected chi connectivity index (χ3v) is 4.42. The van der Waals surface area contributed by atoms with Crippen molar-refractivity contribution in [2.24, 2.45) is 0 Å². The van der Waals surface area contributed by atoms with Gasteiger partial charge in [0, 0.05) is 30.4 Å². The predicted molar refractivity (Wildman–Crippen MR) is 86.1 cm³/mol. The van der Waals surface area contributed by atoms with Gasteiger partial charge >= 0.3 is 0 Å². The summed E-state index contributed by atoms with van der Waals surface area (Å²) < 4.78 is 5.00. The molecule has 1 saturated heterocycles. The molecule has 0 aromatic carbocycles. The number of hydrogen-bond donors (Lipinski definition) is 2. The Balaban J connectivity index is 1.66. The summed E-state index contributed by atoms with van der Waals surface area (Å²) in [5, 5.41) is 13.8. The summed E-state index contributed by atoms with van der Waals surface area (Å²) in [6.07, 6.45) is 4.75. The molecule has 0 saturated carbocycles. The van der Waals surface area contributed by atoms with E-state index in [1.807, 2.05) is 13.0 Å². The van der Waals surface area contributed by atoms with Gasteiger partial charge in [-0.2, -0.15) is 5.10 Å². The van der Waals surface area contributed by atoms with Crippen molar-refractivity contribution in [1.29, 1.82) is 0 Å². The van der Waals surface area contributed by atoms with Crippen molar-refractivity contribution in [2.75, 3.05) is 18.4 Å². The molecule has 1 aliphatic heterocycles. The summed E-state index contributed by atoms with van der Waals surface area (Å²) >= 11 is 0. The first-order valence-corrected chi connectivity index (χ1v) is 8.15. The maximum atomic E-state index is 12.6. The standard InChI is InChI=1S/C16H23N5O2/c1-3-14(16(22)18-15-9-11(2)23-20-15)21-8-4-5-12(10-21)13-6-7-17-19-13/h6-7,9,12,14H,3-5,8,10H2,1-2H3,(H,17,19)(H,18,20,22)/t12-,14+/m0/s1. The van der Waals surface area contributed by atoms with Gasteiger partial charge in [0.15, 0.2) is 5.82 Å². The number of nitrogens with zero attached hydrogens (tertiary/aromatic N) is 3. The number of carbonyl (C=O) groups excluding carboxylic acids is 1. The average Bonchev–Trinajstić information content (AvgIpc) is 3.20. The molecule has 1 aliphatic rings. The van der Waals surface area contributed by atoms with E-state index in [0.29, 0.717) is 17.5 Å². The Morgan fingerprint density at radius 2 is 2.48 bits per heavy atom. The number of aromatic amines is 1. The van der Waals surface area contributed by atoms with E-state index in [1.54, 1.807) is 19.2 Å². The molecular formula is C16H23N5O2. The minimum atomic E-state index is -0.155. The molecule has 2 aromatic rings. The first-order valence-electron chi connectivity index (χ1n) is 8.15. The van der Waals surface area contributed by atoms with E-state index in [1.165, 1.54) is 0 Å². The Bertz CT molecular complexity index is 637. The van der Waals surface area contributed by atoms with Gasteiger partial charge in [0.2, 0.25) is 5.91 Å². The number of likely N-dealkylation sites (tertiary alicyclic amines) is 1. The van der Waals surface area contributed by atoms with Crippen molar-refractivity contribution >= 4 is 11.7 Å². The number of rotatable bonds is 5. The lowest BCUT2D eigenvalue weighted by molar-refractivity contribution is -0.122. The second kappa shape index (κ2) is 6.95. The lowest BCUT2D eigenvalue weighted by atomic mass is 9.93. The Labute approximate surface area is 135 Å². The fourth-order valence-corrected chi connectivity index (χ4v) is 3.28. The molecule has 0 radical (unpaired) electrons. The largest absolute Gasteiger partial charge is 0.360 e.